The van der Waals surface area contributed by atoms with Crippen LogP contribution >= 0.6 is 0 Å². The maximum Gasteiger partial charge on any atom is 0.336 e. The lowest BCUT2D eigenvalue weighted by molar-refractivity contribution is -0.123. The van der Waals surface area contributed by atoms with Gasteiger partial charge in [0.1, 0.15) is 23.1 Å². The Morgan fingerprint density at radius 2 is 1.90 bits per heavy atom. The smallest absolute Gasteiger partial charge is 0.336 e. The lowest BCUT2D eigenvalue weighted by Crippen LogP contribution is -2.33. The molecule has 2 aromatic heterocycles. The first-order valence-corrected chi connectivity index (χ1v) is 9.15. The summed E-state index contributed by atoms with van der Waals surface area (Å²) in [6, 6.07) is 19.3. The third-order valence-electron chi connectivity index (χ3n) is 4.56. The minimum absolute atomic E-state index is 0.189. The summed E-state index contributed by atoms with van der Waals surface area (Å²) in [5, 5.41) is 3.75. The first-order chi connectivity index (χ1) is 14.1. The molecule has 6 heteroatoms. The van der Waals surface area contributed by atoms with Crippen molar-refractivity contribution in [3.63, 3.8) is 0 Å². The number of ether oxygens (including phenoxy) is 1. The molecule has 0 aliphatic heterocycles. The van der Waals surface area contributed by atoms with Crippen molar-refractivity contribution in [1.82, 2.24) is 5.32 Å². The highest BCUT2D eigenvalue weighted by atomic mass is 16.5. The molecule has 2 heterocycles. The van der Waals surface area contributed by atoms with Gasteiger partial charge in [-0.05, 0) is 42.3 Å². The molecule has 4 rings (SSSR count). The molecular weight excluding hydrogens is 370 g/mol. The third kappa shape index (κ3) is 4.21. The van der Waals surface area contributed by atoms with Crippen LogP contribution in [0.15, 0.2) is 86.6 Å². The Hall–Kier alpha value is -3.80. The van der Waals surface area contributed by atoms with Crippen LogP contribution in [-0.4, -0.2) is 12.5 Å². The number of benzene rings is 2. The number of rotatable bonds is 6. The molecule has 1 N–H and O–H groups in total. The van der Waals surface area contributed by atoms with Gasteiger partial charge in [0.05, 0.1) is 6.26 Å². The number of amides is 1. The first kappa shape index (κ1) is 18.6. The maximum absolute atomic E-state index is 12.5. The van der Waals surface area contributed by atoms with Crippen molar-refractivity contribution >= 4 is 16.9 Å². The Morgan fingerprint density at radius 3 is 2.66 bits per heavy atom. The fourth-order valence-corrected chi connectivity index (χ4v) is 3.17. The highest BCUT2D eigenvalue weighted by Gasteiger charge is 2.19. The Labute approximate surface area is 166 Å². The van der Waals surface area contributed by atoms with Crippen molar-refractivity contribution in [2.45, 2.75) is 13.0 Å². The van der Waals surface area contributed by atoms with Crippen LogP contribution in [-0.2, 0) is 4.79 Å². The largest absolute Gasteiger partial charge is 0.484 e. The van der Waals surface area contributed by atoms with Gasteiger partial charge in [0.2, 0.25) is 0 Å². The van der Waals surface area contributed by atoms with Crippen LogP contribution in [0.1, 0.15) is 22.9 Å². The van der Waals surface area contributed by atoms with E-state index in [1.54, 1.807) is 30.5 Å². The van der Waals surface area contributed by atoms with E-state index in [2.05, 4.69) is 5.32 Å². The van der Waals surface area contributed by atoms with Gasteiger partial charge in [0.25, 0.3) is 5.91 Å². The Kier molecular flexibility index (Phi) is 5.16. The fraction of sp³-hybridized carbons (Fsp3) is 0.130. The summed E-state index contributed by atoms with van der Waals surface area (Å²) in [6.07, 6.45) is 1.57. The predicted octanol–water partition coefficient (Wildman–Crippen LogP) is 3.98. The molecule has 1 atom stereocenters. The Morgan fingerprint density at radius 1 is 1.07 bits per heavy atom. The predicted molar refractivity (Wildman–Crippen MR) is 108 cm³/mol. The van der Waals surface area contributed by atoms with E-state index in [-0.39, 0.29) is 12.5 Å². The number of carbonyl (C=O) groups is 1. The van der Waals surface area contributed by atoms with Crippen LogP contribution in [0, 0.1) is 6.92 Å². The normalized spacial score (nSPS) is 11.9. The van der Waals surface area contributed by atoms with E-state index in [1.165, 1.54) is 6.07 Å². The third-order valence-corrected chi connectivity index (χ3v) is 4.56. The maximum atomic E-state index is 12.5. The van der Waals surface area contributed by atoms with Gasteiger partial charge in [-0.3, -0.25) is 4.79 Å². The van der Waals surface area contributed by atoms with E-state index in [0.29, 0.717) is 17.1 Å². The Bertz CT molecular complexity index is 1180. The minimum Gasteiger partial charge on any atom is -0.484 e. The number of furan rings is 1. The van der Waals surface area contributed by atoms with Crippen molar-refractivity contribution in [3.05, 3.63) is 100 Å². The molecular formula is C23H19NO5. The first-order valence-electron chi connectivity index (χ1n) is 9.15. The molecule has 0 bridgehead atoms. The number of nitrogens with one attached hydrogen (secondary N) is 1. The summed E-state index contributed by atoms with van der Waals surface area (Å²) in [5.41, 5.74) is 1.73. The number of hydrogen-bond acceptors (Lipinski definition) is 5. The number of fused-ring (bicyclic) bond motifs is 1. The van der Waals surface area contributed by atoms with Gasteiger partial charge in [-0.1, -0.05) is 30.3 Å². The highest BCUT2D eigenvalue weighted by molar-refractivity contribution is 5.82. The van der Waals surface area contributed by atoms with Crippen molar-refractivity contribution in [2.75, 3.05) is 6.61 Å². The van der Waals surface area contributed by atoms with Crippen LogP contribution in [0.3, 0.4) is 0 Å². The van der Waals surface area contributed by atoms with Gasteiger partial charge >= 0.3 is 5.63 Å². The van der Waals surface area contributed by atoms with Crippen molar-refractivity contribution in [2.24, 2.45) is 0 Å². The number of carbonyl (C=O) groups excluding carboxylic acids is 1. The van der Waals surface area contributed by atoms with E-state index in [4.69, 9.17) is 13.6 Å². The SMILES string of the molecule is Cc1cc(=O)oc2cc(OCC(=O)N[C@H](c3ccccc3)c3ccco3)ccc12. The van der Waals surface area contributed by atoms with Crippen molar-refractivity contribution < 1.29 is 18.4 Å². The van der Waals surface area contributed by atoms with Gasteiger partial charge in [0, 0.05) is 17.5 Å². The molecule has 4 aromatic rings. The zero-order valence-electron chi connectivity index (χ0n) is 15.8. The minimum atomic E-state index is -0.422. The zero-order valence-corrected chi connectivity index (χ0v) is 15.8. The van der Waals surface area contributed by atoms with Crippen LogP contribution < -0.4 is 15.7 Å². The van der Waals surface area contributed by atoms with E-state index in [0.717, 1.165) is 16.5 Å². The molecule has 0 spiro atoms. The van der Waals surface area contributed by atoms with Gasteiger partial charge in [-0.2, -0.15) is 0 Å². The summed E-state index contributed by atoms with van der Waals surface area (Å²) >= 11 is 0. The van der Waals surface area contributed by atoms with E-state index < -0.39 is 11.7 Å². The van der Waals surface area contributed by atoms with Crippen molar-refractivity contribution in [1.29, 1.82) is 0 Å². The second kappa shape index (κ2) is 8.06. The molecule has 0 fully saturated rings. The van der Waals surface area contributed by atoms with Gasteiger partial charge in [0.15, 0.2) is 6.61 Å². The topological polar surface area (TPSA) is 81.7 Å². The van der Waals surface area contributed by atoms with E-state index in [9.17, 15) is 9.59 Å². The van der Waals surface area contributed by atoms with Gasteiger partial charge in [-0.15, -0.1) is 0 Å². The molecule has 1 amide bonds. The molecule has 29 heavy (non-hydrogen) atoms. The van der Waals surface area contributed by atoms with Crippen LogP contribution in [0.2, 0.25) is 0 Å². The summed E-state index contributed by atoms with van der Waals surface area (Å²) in [5.74, 6) is 0.768. The molecule has 0 saturated carbocycles. The Balaban J connectivity index is 1.47. The van der Waals surface area contributed by atoms with E-state index >= 15 is 0 Å². The monoisotopic (exact) mass is 389 g/mol. The second-order valence-electron chi connectivity index (χ2n) is 6.62. The quantitative estimate of drug-likeness (QED) is 0.505. The van der Waals surface area contributed by atoms with Crippen LogP contribution in [0.4, 0.5) is 0 Å². The average Bonchev–Trinajstić information content (AvgIpc) is 3.25. The summed E-state index contributed by atoms with van der Waals surface area (Å²) in [6.45, 7) is 1.65. The second-order valence-corrected chi connectivity index (χ2v) is 6.62. The van der Waals surface area contributed by atoms with Gasteiger partial charge < -0.3 is 18.9 Å². The molecule has 0 unspecified atom stereocenters. The highest BCUT2D eigenvalue weighted by Crippen LogP contribution is 2.24. The number of hydrogen-bond donors (Lipinski definition) is 1. The standard InChI is InChI=1S/C23H19NO5/c1-15-12-22(26)29-20-13-17(9-10-18(15)20)28-14-21(25)24-23(19-8-5-11-27-19)16-6-3-2-4-7-16/h2-13,23H,14H2,1H3,(H,24,25)/t23-/m1/s1. The summed E-state index contributed by atoms with van der Waals surface area (Å²) < 4.78 is 16.3. The molecule has 2 aromatic carbocycles. The van der Waals surface area contributed by atoms with Crippen LogP contribution in [0.5, 0.6) is 5.75 Å². The summed E-state index contributed by atoms with van der Waals surface area (Å²) in [4.78, 5) is 24.1. The summed E-state index contributed by atoms with van der Waals surface area (Å²) in [7, 11) is 0. The molecule has 0 aliphatic carbocycles. The average molecular weight is 389 g/mol. The lowest BCUT2D eigenvalue weighted by Gasteiger charge is -2.17. The van der Waals surface area contributed by atoms with Crippen molar-refractivity contribution in [3.8, 4) is 5.75 Å². The molecule has 0 radical (unpaired) electrons. The molecule has 146 valence electrons. The molecule has 6 nitrogen and oxygen atoms in total. The fourth-order valence-electron chi connectivity index (χ4n) is 3.17. The van der Waals surface area contributed by atoms with Gasteiger partial charge in [-0.25, -0.2) is 4.79 Å². The molecule has 0 saturated heterocycles. The van der Waals surface area contributed by atoms with Crippen LogP contribution in [0.25, 0.3) is 11.0 Å². The lowest BCUT2D eigenvalue weighted by atomic mass is 10.0. The van der Waals surface area contributed by atoms with E-state index in [1.807, 2.05) is 43.3 Å². The molecule has 0 aliphatic rings. The number of aryl methyl sites for hydroxylation is 1. The zero-order chi connectivity index (χ0) is 20.2.